The number of ether oxygens (including phenoxy) is 1. The van der Waals surface area contributed by atoms with E-state index in [1.807, 2.05) is 24.3 Å². The summed E-state index contributed by atoms with van der Waals surface area (Å²) in [6.07, 6.45) is 1.73. The minimum Gasteiger partial charge on any atom is -0.461 e. The van der Waals surface area contributed by atoms with Gasteiger partial charge in [0.2, 0.25) is 0 Å². The Morgan fingerprint density at radius 3 is 2.89 bits per heavy atom. The molecule has 0 amide bonds. The maximum absolute atomic E-state index is 11.5. The first-order valence-corrected chi connectivity index (χ1v) is 6.02. The maximum Gasteiger partial charge on any atom is 0.358 e. The van der Waals surface area contributed by atoms with Crippen molar-refractivity contribution in [2.24, 2.45) is 0 Å². The van der Waals surface area contributed by atoms with Crippen LogP contribution in [-0.2, 0) is 11.3 Å². The van der Waals surface area contributed by atoms with E-state index in [0.717, 1.165) is 5.56 Å². The van der Waals surface area contributed by atoms with Crippen LogP contribution in [0.2, 0.25) is 5.02 Å². The standard InChI is InChI=1S/C13H13ClN2O2/c1-2-18-13(17)12-7-8-16(15-12)9-10-5-3-4-6-11(10)14/h3-8H,2,9H2,1H3. The number of halogens is 1. The number of carbonyl (C=O) groups excluding carboxylic acids is 1. The van der Waals surface area contributed by atoms with Crippen molar-refractivity contribution in [3.8, 4) is 0 Å². The van der Waals surface area contributed by atoms with Gasteiger partial charge in [-0.2, -0.15) is 5.10 Å². The van der Waals surface area contributed by atoms with Gasteiger partial charge in [-0.1, -0.05) is 29.8 Å². The second kappa shape index (κ2) is 5.69. The van der Waals surface area contributed by atoms with Crippen molar-refractivity contribution in [2.75, 3.05) is 6.61 Å². The Morgan fingerprint density at radius 2 is 2.17 bits per heavy atom. The summed E-state index contributed by atoms with van der Waals surface area (Å²) < 4.78 is 6.53. The van der Waals surface area contributed by atoms with Crippen LogP contribution in [0.15, 0.2) is 36.5 Å². The Balaban J connectivity index is 2.12. The molecule has 0 saturated carbocycles. The first kappa shape index (κ1) is 12.6. The number of esters is 1. The van der Waals surface area contributed by atoms with Crippen LogP contribution >= 0.6 is 11.6 Å². The van der Waals surface area contributed by atoms with Gasteiger partial charge in [-0.05, 0) is 24.6 Å². The van der Waals surface area contributed by atoms with Crippen LogP contribution in [-0.4, -0.2) is 22.4 Å². The van der Waals surface area contributed by atoms with Crippen molar-refractivity contribution in [2.45, 2.75) is 13.5 Å². The van der Waals surface area contributed by atoms with Crippen LogP contribution in [0.4, 0.5) is 0 Å². The van der Waals surface area contributed by atoms with E-state index in [1.165, 1.54) is 0 Å². The molecule has 0 fully saturated rings. The average Bonchev–Trinajstić information content (AvgIpc) is 2.81. The summed E-state index contributed by atoms with van der Waals surface area (Å²) in [5.41, 5.74) is 1.27. The number of nitrogens with zero attached hydrogens (tertiary/aromatic N) is 2. The molecule has 0 atom stereocenters. The Bertz CT molecular complexity index is 551. The van der Waals surface area contributed by atoms with Gasteiger partial charge in [0, 0.05) is 11.2 Å². The second-order valence-electron chi connectivity index (χ2n) is 3.71. The minimum atomic E-state index is -0.407. The summed E-state index contributed by atoms with van der Waals surface area (Å²) in [4.78, 5) is 11.5. The van der Waals surface area contributed by atoms with Gasteiger partial charge in [-0.25, -0.2) is 4.79 Å². The molecule has 4 nitrogen and oxygen atoms in total. The normalized spacial score (nSPS) is 10.3. The molecule has 1 heterocycles. The molecule has 94 valence electrons. The largest absolute Gasteiger partial charge is 0.461 e. The predicted molar refractivity (Wildman–Crippen MR) is 68.7 cm³/mol. The topological polar surface area (TPSA) is 44.1 Å². The molecule has 18 heavy (non-hydrogen) atoms. The van der Waals surface area contributed by atoms with E-state index in [2.05, 4.69) is 5.10 Å². The van der Waals surface area contributed by atoms with E-state index < -0.39 is 5.97 Å². The SMILES string of the molecule is CCOC(=O)c1ccn(Cc2ccccc2Cl)n1. The molecule has 1 aromatic heterocycles. The maximum atomic E-state index is 11.5. The lowest BCUT2D eigenvalue weighted by Crippen LogP contribution is -2.07. The number of hydrogen-bond donors (Lipinski definition) is 0. The highest BCUT2D eigenvalue weighted by atomic mass is 35.5. The highest BCUT2D eigenvalue weighted by molar-refractivity contribution is 6.31. The van der Waals surface area contributed by atoms with Gasteiger partial charge in [0.25, 0.3) is 0 Å². The summed E-state index contributed by atoms with van der Waals surface area (Å²) in [5.74, 6) is -0.407. The molecule has 0 N–H and O–H groups in total. The Kier molecular flexibility index (Phi) is 3.99. The second-order valence-corrected chi connectivity index (χ2v) is 4.12. The van der Waals surface area contributed by atoms with Gasteiger partial charge in [-0.15, -0.1) is 0 Å². The molecule has 0 spiro atoms. The zero-order valence-electron chi connectivity index (χ0n) is 9.97. The zero-order valence-corrected chi connectivity index (χ0v) is 10.7. The van der Waals surface area contributed by atoms with E-state index >= 15 is 0 Å². The molecule has 0 unspecified atom stereocenters. The lowest BCUT2D eigenvalue weighted by molar-refractivity contribution is 0.0518. The predicted octanol–water partition coefficient (Wildman–Crippen LogP) is 2.76. The molecule has 0 bridgehead atoms. The highest BCUT2D eigenvalue weighted by Gasteiger charge is 2.10. The first-order chi connectivity index (χ1) is 8.70. The minimum absolute atomic E-state index is 0.309. The number of carbonyl (C=O) groups is 1. The molecule has 0 saturated heterocycles. The third-order valence-electron chi connectivity index (χ3n) is 2.42. The summed E-state index contributed by atoms with van der Waals surface area (Å²) in [7, 11) is 0. The zero-order chi connectivity index (χ0) is 13.0. The highest BCUT2D eigenvalue weighted by Crippen LogP contribution is 2.16. The quantitative estimate of drug-likeness (QED) is 0.798. The fourth-order valence-electron chi connectivity index (χ4n) is 1.56. The van der Waals surface area contributed by atoms with E-state index in [9.17, 15) is 4.79 Å². The van der Waals surface area contributed by atoms with Crippen molar-refractivity contribution in [3.63, 3.8) is 0 Å². The summed E-state index contributed by atoms with van der Waals surface area (Å²) in [6, 6.07) is 9.17. The smallest absolute Gasteiger partial charge is 0.358 e. The van der Waals surface area contributed by atoms with Crippen LogP contribution in [0.25, 0.3) is 0 Å². The Labute approximate surface area is 110 Å². The molecule has 0 aliphatic rings. The monoisotopic (exact) mass is 264 g/mol. The van der Waals surface area contributed by atoms with Crippen LogP contribution < -0.4 is 0 Å². The molecule has 2 aromatic rings. The third-order valence-corrected chi connectivity index (χ3v) is 2.78. The van der Waals surface area contributed by atoms with E-state index in [-0.39, 0.29) is 0 Å². The Morgan fingerprint density at radius 1 is 1.39 bits per heavy atom. The van der Waals surface area contributed by atoms with E-state index in [4.69, 9.17) is 16.3 Å². The Hall–Kier alpha value is -1.81. The van der Waals surface area contributed by atoms with E-state index in [1.54, 1.807) is 23.9 Å². The van der Waals surface area contributed by atoms with Gasteiger partial charge in [0.05, 0.1) is 13.2 Å². The number of benzene rings is 1. The summed E-state index contributed by atoms with van der Waals surface area (Å²) >= 11 is 6.06. The van der Waals surface area contributed by atoms with Crippen LogP contribution in [0.5, 0.6) is 0 Å². The molecular formula is C13H13ClN2O2. The number of rotatable bonds is 4. The average molecular weight is 265 g/mol. The number of hydrogen-bond acceptors (Lipinski definition) is 3. The van der Waals surface area contributed by atoms with Crippen LogP contribution in [0, 0.1) is 0 Å². The molecule has 2 rings (SSSR count). The molecule has 0 radical (unpaired) electrons. The fourth-order valence-corrected chi connectivity index (χ4v) is 1.76. The third kappa shape index (κ3) is 2.90. The van der Waals surface area contributed by atoms with Crippen molar-refractivity contribution in [1.82, 2.24) is 9.78 Å². The fraction of sp³-hybridized carbons (Fsp3) is 0.231. The van der Waals surface area contributed by atoms with Crippen LogP contribution in [0.1, 0.15) is 23.0 Å². The summed E-state index contributed by atoms with van der Waals surface area (Å²) in [6.45, 7) is 2.63. The lowest BCUT2D eigenvalue weighted by Gasteiger charge is -2.04. The molecule has 0 aliphatic heterocycles. The van der Waals surface area contributed by atoms with Gasteiger partial charge >= 0.3 is 5.97 Å². The first-order valence-electron chi connectivity index (χ1n) is 5.64. The molecule has 1 aromatic carbocycles. The van der Waals surface area contributed by atoms with Gasteiger partial charge in [0.15, 0.2) is 5.69 Å². The molecular weight excluding hydrogens is 252 g/mol. The van der Waals surface area contributed by atoms with Gasteiger partial charge in [0.1, 0.15) is 0 Å². The van der Waals surface area contributed by atoms with Crippen molar-refractivity contribution in [3.05, 3.63) is 52.8 Å². The lowest BCUT2D eigenvalue weighted by atomic mass is 10.2. The van der Waals surface area contributed by atoms with Crippen LogP contribution in [0.3, 0.4) is 0 Å². The van der Waals surface area contributed by atoms with Gasteiger partial charge in [-0.3, -0.25) is 4.68 Å². The molecule has 5 heteroatoms. The van der Waals surface area contributed by atoms with Crippen molar-refractivity contribution in [1.29, 1.82) is 0 Å². The van der Waals surface area contributed by atoms with Crippen molar-refractivity contribution < 1.29 is 9.53 Å². The van der Waals surface area contributed by atoms with Gasteiger partial charge < -0.3 is 4.74 Å². The van der Waals surface area contributed by atoms with E-state index in [0.29, 0.717) is 23.9 Å². The molecule has 0 aliphatic carbocycles. The van der Waals surface area contributed by atoms with Crippen molar-refractivity contribution >= 4 is 17.6 Å². The number of aromatic nitrogens is 2. The summed E-state index contributed by atoms with van der Waals surface area (Å²) in [5, 5.41) is 4.83.